The summed E-state index contributed by atoms with van der Waals surface area (Å²) in [6.45, 7) is 2.05. The summed E-state index contributed by atoms with van der Waals surface area (Å²) in [5.74, 6) is -1.17. The van der Waals surface area contributed by atoms with Gasteiger partial charge in [-0.05, 0) is 42.2 Å². The van der Waals surface area contributed by atoms with E-state index in [0.717, 1.165) is 21.0 Å². The summed E-state index contributed by atoms with van der Waals surface area (Å²) in [5.41, 5.74) is 2.96. The van der Waals surface area contributed by atoms with Crippen LogP contribution < -0.4 is 5.32 Å². The normalized spacial score (nSPS) is 14.6. The summed E-state index contributed by atoms with van der Waals surface area (Å²) in [4.78, 5) is 41.0. The van der Waals surface area contributed by atoms with E-state index in [1.165, 1.54) is 19.2 Å². The zero-order valence-corrected chi connectivity index (χ0v) is 22.3. The number of sulfonamides is 1. The first-order valence-electron chi connectivity index (χ1n) is 12.5. The molecule has 8 nitrogen and oxygen atoms in total. The molecular weight excluding hydrogens is 502 g/mol. The Balaban J connectivity index is 1.55. The van der Waals surface area contributed by atoms with Gasteiger partial charge in [-0.1, -0.05) is 66.7 Å². The van der Waals surface area contributed by atoms with Crippen molar-refractivity contribution in [3.05, 3.63) is 101 Å². The molecule has 0 saturated carbocycles. The highest BCUT2D eigenvalue weighted by Gasteiger charge is 2.40. The zero-order chi connectivity index (χ0) is 27.3. The van der Waals surface area contributed by atoms with Crippen LogP contribution in [0.25, 0.3) is 0 Å². The molecule has 1 aliphatic rings. The highest BCUT2D eigenvalue weighted by atomic mass is 32.2. The first kappa shape index (κ1) is 27.1. The molecule has 0 fully saturated rings. The summed E-state index contributed by atoms with van der Waals surface area (Å²) in [7, 11) is -2.41. The van der Waals surface area contributed by atoms with E-state index in [4.69, 9.17) is 0 Å². The lowest BCUT2D eigenvalue weighted by Crippen LogP contribution is -2.50. The van der Waals surface area contributed by atoms with Crippen LogP contribution in [-0.4, -0.2) is 55.0 Å². The van der Waals surface area contributed by atoms with Crippen LogP contribution >= 0.6 is 0 Å². The number of aryl methyl sites for hydroxylation is 1. The standard InChI is InChI=1S/C29H31N3O5S/c1-21-11-6-7-14-23(21)20-31(25(28(34)30-2)19-22-12-4-3-5-13-22)27(33)17-10-18-32-29(35)24-15-8-9-16-26(24)38(32,36)37/h3-9,11-16,25H,10,17-20H2,1-2H3,(H,30,34)/t25-/m1/s1. The quantitative estimate of drug-likeness (QED) is 0.431. The third-order valence-corrected chi connectivity index (χ3v) is 8.62. The lowest BCUT2D eigenvalue weighted by molar-refractivity contribution is -0.141. The molecule has 0 spiro atoms. The molecule has 3 amide bonds. The lowest BCUT2D eigenvalue weighted by atomic mass is 10.0. The van der Waals surface area contributed by atoms with Gasteiger partial charge >= 0.3 is 0 Å². The lowest BCUT2D eigenvalue weighted by Gasteiger charge is -2.32. The highest BCUT2D eigenvalue weighted by molar-refractivity contribution is 7.90. The number of nitrogens with zero attached hydrogens (tertiary/aromatic N) is 2. The van der Waals surface area contributed by atoms with Crippen molar-refractivity contribution in [2.24, 2.45) is 0 Å². The number of hydrogen-bond donors (Lipinski definition) is 1. The topological polar surface area (TPSA) is 104 Å². The van der Waals surface area contributed by atoms with Crippen molar-refractivity contribution >= 4 is 27.7 Å². The third kappa shape index (κ3) is 5.62. The van der Waals surface area contributed by atoms with Crippen LogP contribution in [0.4, 0.5) is 0 Å². The van der Waals surface area contributed by atoms with Gasteiger partial charge in [0.15, 0.2) is 0 Å². The number of likely N-dealkylation sites (N-methyl/N-ethyl adjacent to an activating group) is 1. The molecule has 0 aliphatic carbocycles. The Kier molecular flexibility index (Phi) is 8.26. The van der Waals surface area contributed by atoms with Crippen LogP contribution in [0.1, 0.15) is 39.9 Å². The first-order valence-corrected chi connectivity index (χ1v) is 13.9. The molecule has 0 bridgehead atoms. The molecular formula is C29H31N3O5S. The van der Waals surface area contributed by atoms with Crippen LogP contribution in [0.5, 0.6) is 0 Å². The number of carbonyl (C=O) groups excluding carboxylic acids is 3. The predicted octanol–water partition coefficient (Wildman–Crippen LogP) is 3.31. The average molecular weight is 534 g/mol. The number of rotatable bonds is 10. The molecule has 3 aromatic carbocycles. The van der Waals surface area contributed by atoms with Gasteiger partial charge < -0.3 is 10.2 Å². The van der Waals surface area contributed by atoms with E-state index in [2.05, 4.69) is 5.32 Å². The minimum absolute atomic E-state index is 0.0138. The Labute approximate surface area is 223 Å². The number of fused-ring (bicyclic) bond motifs is 1. The second-order valence-electron chi connectivity index (χ2n) is 9.25. The maximum Gasteiger partial charge on any atom is 0.269 e. The van der Waals surface area contributed by atoms with Crippen molar-refractivity contribution in [2.45, 2.75) is 43.7 Å². The van der Waals surface area contributed by atoms with E-state index < -0.39 is 22.0 Å². The van der Waals surface area contributed by atoms with Crippen molar-refractivity contribution in [3.63, 3.8) is 0 Å². The molecule has 38 heavy (non-hydrogen) atoms. The van der Waals surface area contributed by atoms with Gasteiger partial charge in [0.1, 0.15) is 10.9 Å². The molecule has 1 atom stereocenters. The fourth-order valence-electron chi connectivity index (χ4n) is 4.66. The number of amides is 3. The molecule has 0 aromatic heterocycles. The van der Waals surface area contributed by atoms with Gasteiger partial charge in [0, 0.05) is 33.0 Å². The first-order chi connectivity index (χ1) is 18.2. The Morgan fingerprint density at radius 1 is 0.947 bits per heavy atom. The van der Waals surface area contributed by atoms with Gasteiger partial charge in [0.05, 0.1) is 5.56 Å². The van der Waals surface area contributed by atoms with Crippen LogP contribution in [-0.2, 0) is 32.6 Å². The fourth-order valence-corrected chi connectivity index (χ4v) is 6.27. The van der Waals surface area contributed by atoms with E-state index in [0.29, 0.717) is 6.42 Å². The summed E-state index contributed by atoms with van der Waals surface area (Å²) in [5, 5.41) is 2.68. The average Bonchev–Trinajstić information content (AvgIpc) is 3.12. The fraction of sp³-hybridized carbons (Fsp3) is 0.276. The molecule has 0 saturated heterocycles. The van der Waals surface area contributed by atoms with E-state index in [-0.39, 0.29) is 48.2 Å². The number of benzene rings is 3. The van der Waals surface area contributed by atoms with E-state index >= 15 is 0 Å². The second-order valence-corrected chi connectivity index (χ2v) is 11.1. The molecule has 4 rings (SSSR count). The van der Waals surface area contributed by atoms with Gasteiger partial charge in [-0.3, -0.25) is 14.4 Å². The van der Waals surface area contributed by atoms with Gasteiger partial charge in [-0.15, -0.1) is 0 Å². The van der Waals surface area contributed by atoms with E-state index in [9.17, 15) is 22.8 Å². The molecule has 1 heterocycles. The van der Waals surface area contributed by atoms with Crippen LogP contribution in [0.2, 0.25) is 0 Å². The van der Waals surface area contributed by atoms with Crippen LogP contribution in [0.15, 0.2) is 83.8 Å². The predicted molar refractivity (Wildman–Crippen MR) is 144 cm³/mol. The maximum absolute atomic E-state index is 13.6. The SMILES string of the molecule is CNC(=O)[C@@H](Cc1ccccc1)N(Cc1ccccc1C)C(=O)CCCN1C(=O)c2ccccc2S1(=O)=O. The Morgan fingerprint density at radius 2 is 1.61 bits per heavy atom. The monoisotopic (exact) mass is 533 g/mol. The molecule has 0 unspecified atom stereocenters. The number of hydrogen-bond acceptors (Lipinski definition) is 5. The Hall–Kier alpha value is -3.98. The van der Waals surface area contributed by atoms with E-state index in [1.807, 2.05) is 61.5 Å². The number of carbonyl (C=O) groups is 3. The maximum atomic E-state index is 13.6. The van der Waals surface area contributed by atoms with Crippen molar-refractivity contribution in [2.75, 3.05) is 13.6 Å². The van der Waals surface area contributed by atoms with Gasteiger partial charge in [-0.25, -0.2) is 12.7 Å². The number of nitrogens with one attached hydrogen (secondary N) is 1. The van der Waals surface area contributed by atoms with Crippen LogP contribution in [0.3, 0.4) is 0 Å². The second kappa shape index (κ2) is 11.6. The van der Waals surface area contributed by atoms with Crippen LogP contribution in [0, 0.1) is 6.92 Å². The molecule has 3 aromatic rings. The molecule has 1 N–H and O–H groups in total. The van der Waals surface area contributed by atoms with Crippen molar-refractivity contribution < 1.29 is 22.8 Å². The van der Waals surface area contributed by atoms with Crippen molar-refractivity contribution in [3.8, 4) is 0 Å². The zero-order valence-electron chi connectivity index (χ0n) is 21.5. The third-order valence-electron chi connectivity index (χ3n) is 6.78. The smallest absolute Gasteiger partial charge is 0.269 e. The minimum Gasteiger partial charge on any atom is -0.357 e. The van der Waals surface area contributed by atoms with Crippen molar-refractivity contribution in [1.82, 2.24) is 14.5 Å². The summed E-state index contributed by atoms with van der Waals surface area (Å²) < 4.78 is 26.6. The summed E-state index contributed by atoms with van der Waals surface area (Å²) in [6, 6.07) is 22.5. The Morgan fingerprint density at radius 3 is 2.29 bits per heavy atom. The molecule has 1 aliphatic heterocycles. The van der Waals surface area contributed by atoms with Gasteiger partial charge in [-0.2, -0.15) is 0 Å². The molecule has 9 heteroatoms. The Bertz CT molecular complexity index is 1440. The highest BCUT2D eigenvalue weighted by Crippen LogP contribution is 2.30. The van der Waals surface area contributed by atoms with Gasteiger partial charge in [0.2, 0.25) is 11.8 Å². The largest absolute Gasteiger partial charge is 0.357 e. The minimum atomic E-state index is -3.95. The van der Waals surface area contributed by atoms with E-state index in [1.54, 1.807) is 17.0 Å². The van der Waals surface area contributed by atoms with Crippen molar-refractivity contribution in [1.29, 1.82) is 0 Å². The van der Waals surface area contributed by atoms with Gasteiger partial charge in [0.25, 0.3) is 15.9 Å². The molecule has 198 valence electrons. The molecule has 0 radical (unpaired) electrons. The summed E-state index contributed by atoms with van der Waals surface area (Å²) in [6.07, 6.45) is 0.435. The summed E-state index contributed by atoms with van der Waals surface area (Å²) >= 11 is 0.